The van der Waals surface area contributed by atoms with Crippen LogP contribution >= 0.6 is 0 Å². The molecule has 26 heavy (non-hydrogen) atoms. The predicted octanol–water partition coefficient (Wildman–Crippen LogP) is 0.517. The molecule has 3 aliphatic heterocycles. The van der Waals surface area contributed by atoms with Crippen LogP contribution in [0.2, 0.25) is 0 Å². The predicted molar refractivity (Wildman–Crippen MR) is 94.3 cm³/mol. The Bertz CT molecular complexity index is 649. The number of hydrogen-bond acceptors (Lipinski definition) is 6. The molecule has 0 aromatic carbocycles. The van der Waals surface area contributed by atoms with Gasteiger partial charge in [0.2, 0.25) is 11.8 Å². The first kappa shape index (κ1) is 17.4. The number of fused-ring (bicyclic) bond motifs is 1. The molecule has 3 saturated heterocycles. The summed E-state index contributed by atoms with van der Waals surface area (Å²) in [4.78, 5) is 37.4. The number of likely N-dealkylation sites (tertiary alicyclic amines) is 2. The first-order valence-corrected chi connectivity index (χ1v) is 9.41. The van der Waals surface area contributed by atoms with Gasteiger partial charge in [-0.05, 0) is 25.7 Å². The lowest BCUT2D eigenvalue weighted by molar-refractivity contribution is -0.135. The number of aromatic nitrogens is 2. The number of carbonyl (C=O) groups excluding carboxylic acids is 2. The van der Waals surface area contributed by atoms with Crippen molar-refractivity contribution in [3.8, 4) is 0 Å². The molecule has 4 heterocycles. The molecular formula is C18H25N5O3. The largest absolute Gasteiger partial charge is 0.377 e. The molecule has 0 saturated carbocycles. The van der Waals surface area contributed by atoms with Crippen LogP contribution in [0.4, 0.5) is 5.82 Å². The van der Waals surface area contributed by atoms with E-state index < -0.39 is 0 Å². The SMILES string of the molecule is O=C(Nc1cnccn1)[C@@H]1C[C@H]2OCC[C@H]2N(CC(=O)N2CCCC2)C1. The van der Waals surface area contributed by atoms with Crippen LogP contribution in [0, 0.1) is 5.92 Å². The molecule has 4 rings (SSSR count). The summed E-state index contributed by atoms with van der Waals surface area (Å²) in [5, 5.41) is 2.83. The monoisotopic (exact) mass is 359 g/mol. The Morgan fingerprint density at radius 2 is 2.12 bits per heavy atom. The van der Waals surface area contributed by atoms with Gasteiger partial charge in [-0.3, -0.25) is 19.5 Å². The fraction of sp³-hybridized carbons (Fsp3) is 0.667. The number of nitrogens with one attached hydrogen (secondary N) is 1. The molecule has 8 heteroatoms. The molecule has 3 atom stereocenters. The van der Waals surface area contributed by atoms with Gasteiger partial charge in [0.1, 0.15) is 0 Å². The first-order chi connectivity index (χ1) is 12.7. The molecular weight excluding hydrogens is 334 g/mol. The summed E-state index contributed by atoms with van der Waals surface area (Å²) in [6.45, 7) is 3.36. The third-order valence-corrected chi connectivity index (χ3v) is 5.60. The van der Waals surface area contributed by atoms with E-state index in [0.717, 1.165) is 32.4 Å². The molecule has 8 nitrogen and oxygen atoms in total. The van der Waals surface area contributed by atoms with E-state index in [0.29, 0.717) is 31.9 Å². The molecule has 3 aliphatic rings. The molecule has 1 N–H and O–H groups in total. The van der Waals surface area contributed by atoms with E-state index in [1.807, 2.05) is 4.90 Å². The fourth-order valence-electron chi connectivity index (χ4n) is 4.26. The van der Waals surface area contributed by atoms with Crippen LogP contribution in [-0.4, -0.2) is 76.5 Å². The van der Waals surface area contributed by atoms with E-state index in [-0.39, 0.29) is 29.9 Å². The zero-order valence-electron chi connectivity index (χ0n) is 14.8. The third-order valence-electron chi connectivity index (χ3n) is 5.60. The molecule has 0 bridgehead atoms. The number of nitrogens with zero attached hydrogens (tertiary/aromatic N) is 4. The van der Waals surface area contributed by atoms with E-state index in [1.54, 1.807) is 12.4 Å². The van der Waals surface area contributed by atoms with Crippen molar-refractivity contribution in [3.05, 3.63) is 18.6 Å². The fourth-order valence-corrected chi connectivity index (χ4v) is 4.26. The van der Waals surface area contributed by atoms with Crippen LogP contribution in [0.5, 0.6) is 0 Å². The Morgan fingerprint density at radius 1 is 1.27 bits per heavy atom. The maximum absolute atomic E-state index is 12.7. The van der Waals surface area contributed by atoms with E-state index >= 15 is 0 Å². The van der Waals surface area contributed by atoms with Crippen molar-refractivity contribution >= 4 is 17.6 Å². The van der Waals surface area contributed by atoms with Crippen LogP contribution in [0.1, 0.15) is 25.7 Å². The molecule has 140 valence electrons. The van der Waals surface area contributed by atoms with Gasteiger partial charge in [-0.1, -0.05) is 0 Å². The second-order valence-corrected chi connectivity index (χ2v) is 7.30. The highest BCUT2D eigenvalue weighted by Gasteiger charge is 2.43. The van der Waals surface area contributed by atoms with Gasteiger partial charge in [-0.15, -0.1) is 0 Å². The Kier molecular flexibility index (Phi) is 5.12. The van der Waals surface area contributed by atoms with E-state index in [9.17, 15) is 9.59 Å². The number of piperidine rings is 1. The molecule has 3 fully saturated rings. The topological polar surface area (TPSA) is 87.7 Å². The van der Waals surface area contributed by atoms with Crippen LogP contribution in [-0.2, 0) is 14.3 Å². The van der Waals surface area contributed by atoms with Crippen molar-refractivity contribution in [2.24, 2.45) is 5.92 Å². The number of anilines is 1. The van der Waals surface area contributed by atoms with Crippen molar-refractivity contribution in [1.29, 1.82) is 0 Å². The van der Waals surface area contributed by atoms with Crippen molar-refractivity contribution in [1.82, 2.24) is 19.8 Å². The quantitative estimate of drug-likeness (QED) is 0.843. The molecule has 0 aliphatic carbocycles. The van der Waals surface area contributed by atoms with E-state index in [2.05, 4.69) is 20.2 Å². The van der Waals surface area contributed by atoms with Crippen LogP contribution in [0.25, 0.3) is 0 Å². The summed E-state index contributed by atoms with van der Waals surface area (Å²) in [6, 6.07) is 0.238. The summed E-state index contributed by atoms with van der Waals surface area (Å²) >= 11 is 0. The maximum atomic E-state index is 12.7. The summed E-state index contributed by atoms with van der Waals surface area (Å²) in [6.07, 6.45) is 8.46. The van der Waals surface area contributed by atoms with Gasteiger partial charge in [-0.25, -0.2) is 4.98 Å². The van der Waals surface area contributed by atoms with Crippen molar-refractivity contribution < 1.29 is 14.3 Å². The summed E-state index contributed by atoms with van der Waals surface area (Å²) in [5.41, 5.74) is 0. The summed E-state index contributed by atoms with van der Waals surface area (Å²) in [7, 11) is 0. The normalized spacial score (nSPS) is 28.8. The van der Waals surface area contributed by atoms with Crippen LogP contribution < -0.4 is 5.32 Å². The molecule has 0 spiro atoms. The minimum atomic E-state index is -0.220. The number of amides is 2. The lowest BCUT2D eigenvalue weighted by Crippen LogP contribution is -2.54. The first-order valence-electron chi connectivity index (χ1n) is 9.41. The highest BCUT2D eigenvalue weighted by atomic mass is 16.5. The number of carbonyl (C=O) groups is 2. The number of ether oxygens (including phenoxy) is 1. The van der Waals surface area contributed by atoms with Gasteiger partial charge in [0.05, 0.1) is 24.8 Å². The molecule has 0 radical (unpaired) electrons. The Morgan fingerprint density at radius 3 is 2.88 bits per heavy atom. The minimum Gasteiger partial charge on any atom is -0.377 e. The standard InChI is InChI=1S/C18H25N5O3/c24-17(22-6-1-2-7-22)12-23-11-13(9-15-14(23)3-8-26-15)18(25)21-16-10-19-4-5-20-16/h4-5,10,13-15H,1-3,6-9,11-12H2,(H,20,21,25)/t13-,14-,15-/m1/s1. The van der Waals surface area contributed by atoms with Gasteiger partial charge in [0.25, 0.3) is 0 Å². The second kappa shape index (κ2) is 7.67. The lowest BCUT2D eigenvalue weighted by Gasteiger charge is -2.40. The summed E-state index contributed by atoms with van der Waals surface area (Å²) < 4.78 is 5.85. The molecule has 1 aromatic heterocycles. The Balaban J connectivity index is 1.42. The zero-order valence-corrected chi connectivity index (χ0v) is 14.8. The third kappa shape index (κ3) is 3.71. The molecule has 1 aromatic rings. The van der Waals surface area contributed by atoms with Crippen molar-refractivity contribution in [3.63, 3.8) is 0 Å². The summed E-state index contributed by atoms with van der Waals surface area (Å²) in [5.74, 6) is 0.315. The Labute approximate surface area is 152 Å². The number of rotatable bonds is 4. The Hall–Kier alpha value is -2.06. The van der Waals surface area contributed by atoms with Gasteiger partial charge in [-0.2, -0.15) is 0 Å². The maximum Gasteiger partial charge on any atom is 0.236 e. The van der Waals surface area contributed by atoms with Crippen molar-refractivity contribution in [2.45, 2.75) is 37.8 Å². The average Bonchev–Trinajstić information content (AvgIpc) is 3.34. The minimum absolute atomic E-state index is 0.0211. The second-order valence-electron chi connectivity index (χ2n) is 7.30. The molecule has 2 amide bonds. The van der Waals surface area contributed by atoms with Gasteiger partial charge in [0, 0.05) is 44.7 Å². The van der Waals surface area contributed by atoms with Gasteiger partial charge < -0.3 is 15.0 Å². The highest BCUT2D eigenvalue weighted by molar-refractivity contribution is 5.91. The molecule has 0 unspecified atom stereocenters. The average molecular weight is 359 g/mol. The van der Waals surface area contributed by atoms with Crippen molar-refractivity contribution in [2.75, 3.05) is 38.1 Å². The van der Waals surface area contributed by atoms with E-state index in [1.165, 1.54) is 6.20 Å². The zero-order chi connectivity index (χ0) is 17.9. The smallest absolute Gasteiger partial charge is 0.236 e. The highest BCUT2D eigenvalue weighted by Crippen LogP contribution is 2.32. The van der Waals surface area contributed by atoms with Crippen LogP contribution in [0.3, 0.4) is 0 Å². The van der Waals surface area contributed by atoms with E-state index in [4.69, 9.17) is 4.74 Å². The van der Waals surface area contributed by atoms with Crippen LogP contribution in [0.15, 0.2) is 18.6 Å². The number of hydrogen-bond donors (Lipinski definition) is 1. The van der Waals surface area contributed by atoms with Gasteiger partial charge >= 0.3 is 0 Å². The van der Waals surface area contributed by atoms with Gasteiger partial charge in [0.15, 0.2) is 5.82 Å². The lowest BCUT2D eigenvalue weighted by atomic mass is 9.89.